The molecule has 1 aromatic rings. The molecule has 0 unspecified atom stereocenters. The zero-order valence-corrected chi connectivity index (χ0v) is 16.0. The first kappa shape index (κ1) is 21.0. The molecule has 1 rings (SSSR count). The number of carbonyl (C=O) groups excluding carboxylic acids is 1. The number of amides is 1. The van der Waals surface area contributed by atoms with Crippen LogP contribution in [0.3, 0.4) is 0 Å². The molecule has 6 nitrogen and oxygen atoms in total. The number of pyridine rings is 1. The largest absolute Gasteiger partial charge is 0.352 e. The SMILES string of the molecule is C/C=C\C(=C/C)CN(C)NOC[n+]1cccc(C(=O)NCC(C)C)c1. The topological polar surface area (TPSA) is 57.5 Å². The minimum atomic E-state index is -0.0720. The fraction of sp³-hybridized carbons (Fsp3) is 0.474. The molecule has 0 fully saturated rings. The van der Waals surface area contributed by atoms with Gasteiger partial charge in [0, 0.05) is 26.2 Å². The van der Waals surface area contributed by atoms with Crippen LogP contribution < -0.4 is 15.5 Å². The highest BCUT2D eigenvalue weighted by Gasteiger charge is 2.11. The van der Waals surface area contributed by atoms with Crippen LogP contribution in [-0.4, -0.2) is 31.1 Å². The van der Waals surface area contributed by atoms with E-state index in [0.29, 0.717) is 24.8 Å². The number of hydrazine groups is 1. The first-order valence-electron chi connectivity index (χ1n) is 8.60. The van der Waals surface area contributed by atoms with Gasteiger partial charge in [0.25, 0.3) is 12.6 Å². The molecule has 0 radical (unpaired) electrons. The molecule has 138 valence electrons. The van der Waals surface area contributed by atoms with Crippen molar-refractivity contribution in [2.75, 3.05) is 20.1 Å². The molecule has 25 heavy (non-hydrogen) atoms. The van der Waals surface area contributed by atoms with E-state index in [1.807, 2.05) is 48.8 Å². The molecule has 1 heterocycles. The van der Waals surface area contributed by atoms with Gasteiger partial charge in [-0.3, -0.25) is 4.79 Å². The van der Waals surface area contributed by atoms with Crippen LogP contribution in [0.25, 0.3) is 0 Å². The van der Waals surface area contributed by atoms with E-state index in [-0.39, 0.29) is 5.91 Å². The molecule has 0 saturated heterocycles. The molecule has 2 N–H and O–H groups in total. The van der Waals surface area contributed by atoms with Crippen LogP contribution in [0.4, 0.5) is 0 Å². The summed E-state index contributed by atoms with van der Waals surface area (Å²) in [6.45, 7) is 9.82. The number of rotatable bonds is 10. The van der Waals surface area contributed by atoms with Gasteiger partial charge in [-0.25, -0.2) is 9.85 Å². The Morgan fingerprint density at radius 3 is 2.80 bits per heavy atom. The quantitative estimate of drug-likeness (QED) is 0.387. The van der Waals surface area contributed by atoms with E-state index in [4.69, 9.17) is 4.84 Å². The van der Waals surface area contributed by atoms with Crippen molar-refractivity contribution in [2.45, 2.75) is 34.4 Å². The van der Waals surface area contributed by atoms with Gasteiger partial charge < -0.3 is 5.32 Å². The number of hydrogen-bond acceptors (Lipinski definition) is 4. The fourth-order valence-corrected chi connectivity index (χ4v) is 2.11. The van der Waals surface area contributed by atoms with Crippen LogP contribution >= 0.6 is 0 Å². The average molecular weight is 347 g/mol. The molecule has 0 atom stereocenters. The van der Waals surface area contributed by atoms with Crippen molar-refractivity contribution in [3.05, 3.63) is 53.9 Å². The van der Waals surface area contributed by atoms with Crippen LogP contribution in [0.1, 0.15) is 38.1 Å². The van der Waals surface area contributed by atoms with Gasteiger partial charge in [-0.15, -0.1) is 5.59 Å². The number of nitrogens with zero attached hydrogens (tertiary/aromatic N) is 2. The summed E-state index contributed by atoms with van der Waals surface area (Å²) in [5.74, 6) is 0.352. The van der Waals surface area contributed by atoms with E-state index < -0.39 is 0 Å². The first-order valence-corrected chi connectivity index (χ1v) is 8.60. The summed E-state index contributed by atoms with van der Waals surface area (Å²) >= 11 is 0. The number of likely N-dealkylation sites (N-methyl/N-ethyl adjacent to an activating group) is 1. The van der Waals surface area contributed by atoms with Crippen molar-refractivity contribution in [3.63, 3.8) is 0 Å². The van der Waals surface area contributed by atoms with Gasteiger partial charge in [0.1, 0.15) is 5.56 Å². The average Bonchev–Trinajstić information content (AvgIpc) is 2.59. The monoisotopic (exact) mass is 347 g/mol. The maximum absolute atomic E-state index is 12.1. The third-order valence-corrected chi connectivity index (χ3v) is 3.40. The summed E-state index contributed by atoms with van der Waals surface area (Å²) in [6, 6.07) is 3.63. The fourth-order valence-electron chi connectivity index (χ4n) is 2.11. The molecule has 0 bridgehead atoms. The summed E-state index contributed by atoms with van der Waals surface area (Å²) in [5, 5.41) is 4.77. The summed E-state index contributed by atoms with van der Waals surface area (Å²) < 4.78 is 1.81. The lowest BCUT2D eigenvalue weighted by Gasteiger charge is -2.17. The lowest BCUT2D eigenvalue weighted by molar-refractivity contribution is -0.738. The summed E-state index contributed by atoms with van der Waals surface area (Å²) in [7, 11) is 1.91. The number of carbonyl (C=O) groups is 1. The maximum atomic E-state index is 12.1. The lowest BCUT2D eigenvalue weighted by Crippen LogP contribution is -2.43. The highest BCUT2D eigenvalue weighted by Crippen LogP contribution is 1.98. The van der Waals surface area contributed by atoms with Gasteiger partial charge in [0.2, 0.25) is 0 Å². The Balaban J connectivity index is 2.47. The Morgan fingerprint density at radius 2 is 2.16 bits per heavy atom. The summed E-state index contributed by atoms with van der Waals surface area (Å²) in [6.07, 6.45) is 9.76. The van der Waals surface area contributed by atoms with Crippen LogP contribution in [0, 0.1) is 5.92 Å². The van der Waals surface area contributed by atoms with Gasteiger partial charge in [-0.05, 0) is 31.4 Å². The van der Waals surface area contributed by atoms with E-state index in [1.54, 1.807) is 12.3 Å². The normalized spacial score (nSPS) is 12.4. The van der Waals surface area contributed by atoms with Crippen molar-refractivity contribution in [1.29, 1.82) is 0 Å². The highest BCUT2D eigenvalue weighted by atomic mass is 16.7. The Kier molecular flexibility index (Phi) is 9.69. The third-order valence-electron chi connectivity index (χ3n) is 3.40. The molecular formula is C19H31N4O2+. The molecule has 1 amide bonds. The molecule has 1 aromatic heterocycles. The maximum Gasteiger partial charge on any atom is 0.270 e. The molecule has 0 spiro atoms. The van der Waals surface area contributed by atoms with Crippen molar-refractivity contribution < 1.29 is 14.2 Å². The Morgan fingerprint density at radius 1 is 1.40 bits per heavy atom. The van der Waals surface area contributed by atoms with E-state index >= 15 is 0 Å². The Hall–Kier alpha value is -2.02. The van der Waals surface area contributed by atoms with Crippen LogP contribution in [0.15, 0.2) is 48.3 Å². The predicted molar refractivity (Wildman–Crippen MR) is 99.2 cm³/mol. The van der Waals surface area contributed by atoms with Crippen molar-refractivity contribution in [1.82, 2.24) is 15.9 Å². The first-order chi connectivity index (χ1) is 12.0. The van der Waals surface area contributed by atoms with Gasteiger partial charge in [-0.2, -0.15) is 4.57 Å². The highest BCUT2D eigenvalue weighted by molar-refractivity contribution is 5.93. The lowest BCUT2D eigenvalue weighted by atomic mass is 10.2. The smallest absolute Gasteiger partial charge is 0.270 e. The van der Waals surface area contributed by atoms with Crippen molar-refractivity contribution in [3.8, 4) is 0 Å². The van der Waals surface area contributed by atoms with Crippen molar-refractivity contribution in [2.24, 2.45) is 5.92 Å². The third kappa shape index (κ3) is 8.58. The number of nitrogens with one attached hydrogen (secondary N) is 2. The van der Waals surface area contributed by atoms with Crippen LogP contribution in [-0.2, 0) is 11.6 Å². The molecular weight excluding hydrogens is 316 g/mol. The molecule has 0 aromatic carbocycles. The molecule has 0 aliphatic carbocycles. The zero-order chi connectivity index (χ0) is 18.7. The standard InChI is InChI=1S/C19H30N4O2/c1-6-9-17(7-2)13-22(5)21-25-15-23-11-8-10-18(14-23)19(24)20-12-16(3)4/h6-11,14,16,21H,12-13,15H2,1-5H3/p+1/b9-6-,17-7+. The zero-order valence-electron chi connectivity index (χ0n) is 16.0. The summed E-state index contributed by atoms with van der Waals surface area (Å²) in [4.78, 5) is 17.6. The molecule has 0 saturated carbocycles. The van der Waals surface area contributed by atoms with Gasteiger partial charge >= 0.3 is 0 Å². The molecule has 0 aliphatic heterocycles. The number of allylic oxidation sites excluding steroid dienone is 2. The minimum absolute atomic E-state index is 0.0720. The van der Waals surface area contributed by atoms with Crippen LogP contribution in [0.2, 0.25) is 0 Å². The van der Waals surface area contributed by atoms with E-state index in [0.717, 1.165) is 6.54 Å². The van der Waals surface area contributed by atoms with E-state index in [9.17, 15) is 4.79 Å². The molecule has 0 aliphatic rings. The Labute approximate surface area is 151 Å². The Bertz CT molecular complexity index is 597. The summed E-state index contributed by atoms with van der Waals surface area (Å²) in [5.41, 5.74) is 4.69. The minimum Gasteiger partial charge on any atom is -0.352 e. The van der Waals surface area contributed by atoms with E-state index in [2.05, 4.69) is 36.9 Å². The van der Waals surface area contributed by atoms with Crippen molar-refractivity contribution >= 4 is 5.91 Å². The molecule has 6 heteroatoms. The van der Waals surface area contributed by atoms with Gasteiger partial charge in [-0.1, -0.05) is 32.1 Å². The second-order valence-corrected chi connectivity index (χ2v) is 6.30. The number of hydrogen-bond donors (Lipinski definition) is 2. The van der Waals surface area contributed by atoms with E-state index in [1.165, 1.54) is 5.57 Å². The van der Waals surface area contributed by atoms with Gasteiger partial charge in [0.15, 0.2) is 12.4 Å². The predicted octanol–water partition coefficient (Wildman–Crippen LogP) is 2.21. The second kappa shape index (κ2) is 11.5. The van der Waals surface area contributed by atoms with Crippen LogP contribution in [0.5, 0.6) is 0 Å². The second-order valence-electron chi connectivity index (χ2n) is 6.30. The number of aromatic nitrogens is 1. The van der Waals surface area contributed by atoms with Gasteiger partial charge in [0.05, 0.1) is 0 Å².